The van der Waals surface area contributed by atoms with E-state index in [9.17, 15) is 22.0 Å². The summed E-state index contributed by atoms with van der Waals surface area (Å²) in [5.74, 6) is 0.149. The number of carbonyl (C=O) groups is 1. The van der Waals surface area contributed by atoms with E-state index in [2.05, 4.69) is 4.98 Å². The van der Waals surface area contributed by atoms with Crippen LogP contribution in [0.4, 0.5) is 8.78 Å². The molecule has 1 aromatic heterocycles. The average molecular weight is 573 g/mol. The lowest BCUT2D eigenvalue weighted by atomic mass is 9.99. The Hall–Kier alpha value is -3.53. The molecule has 7 nitrogen and oxygen atoms in total. The van der Waals surface area contributed by atoms with Crippen LogP contribution >= 0.6 is 0 Å². The van der Waals surface area contributed by atoms with Crippen molar-refractivity contribution in [1.29, 1.82) is 0 Å². The summed E-state index contributed by atoms with van der Waals surface area (Å²) < 4.78 is 64.0. The van der Waals surface area contributed by atoms with Gasteiger partial charge in [-0.25, -0.2) is 22.2 Å². The molecule has 0 spiro atoms. The molecule has 1 aliphatic rings. The summed E-state index contributed by atoms with van der Waals surface area (Å²) in [7, 11) is -2.36. The normalized spacial score (nSPS) is 15.6. The second-order valence-electron chi connectivity index (χ2n) is 10.0. The molecule has 40 heavy (non-hydrogen) atoms. The molecule has 0 N–H and O–H groups in total. The van der Waals surface area contributed by atoms with Crippen molar-refractivity contribution in [3.63, 3.8) is 0 Å². The third-order valence-electron chi connectivity index (χ3n) is 7.02. The Bertz CT molecular complexity index is 1380. The van der Waals surface area contributed by atoms with Gasteiger partial charge < -0.3 is 14.4 Å². The summed E-state index contributed by atoms with van der Waals surface area (Å²) in [6.07, 6.45) is 2.02. The Balaban J connectivity index is 1.63. The molecule has 0 aliphatic heterocycles. The van der Waals surface area contributed by atoms with Crippen molar-refractivity contribution in [3.05, 3.63) is 83.8 Å². The van der Waals surface area contributed by atoms with Crippen molar-refractivity contribution in [2.75, 3.05) is 7.11 Å². The third-order valence-corrected chi connectivity index (χ3v) is 9.18. The van der Waals surface area contributed by atoms with Gasteiger partial charge >= 0.3 is 0 Å². The number of alkyl halides is 1. The molecule has 0 saturated heterocycles. The minimum absolute atomic E-state index is 0.0346. The molecule has 1 saturated carbocycles. The molecule has 0 bridgehead atoms. The van der Waals surface area contributed by atoms with Crippen LogP contribution in [0.5, 0.6) is 11.6 Å². The molecule has 1 amide bonds. The van der Waals surface area contributed by atoms with Crippen molar-refractivity contribution in [1.82, 2.24) is 9.88 Å². The lowest BCUT2D eigenvalue weighted by Gasteiger charge is -2.33. The van der Waals surface area contributed by atoms with Gasteiger partial charge in [0.05, 0.1) is 23.3 Å². The first-order chi connectivity index (χ1) is 19.1. The Kier molecular flexibility index (Phi) is 9.40. The van der Waals surface area contributed by atoms with Crippen LogP contribution in [-0.2, 0) is 21.2 Å². The van der Waals surface area contributed by atoms with Crippen LogP contribution in [0.3, 0.4) is 0 Å². The molecule has 4 rings (SSSR count). The highest BCUT2D eigenvalue weighted by atomic mass is 32.2. The number of methoxy groups -OCH3 is 1. The number of amides is 1. The second kappa shape index (κ2) is 12.8. The van der Waals surface area contributed by atoms with E-state index < -0.39 is 27.3 Å². The molecule has 2 aromatic carbocycles. The van der Waals surface area contributed by atoms with Crippen LogP contribution in [0.15, 0.2) is 71.8 Å². The number of pyridine rings is 1. The zero-order chi connectivity index (χ0) is 28.9. The SMILES string of the molecule is CCC(F)Oc1ccc(C(C2CC2)N(Cc2ccc(OC)nc2)C(=O)CC(C)S(=O)(=O)c2ccc(F)cc2)cc1. The van der Waals surface area contributed by atoms with Crippen molar-refractivity contribution < 1.29 is 31.5 Å². The highest BCUT2D eigenvalue weighted by Crippen LogP contribution is 2.46. The number of halogens is 2. The first-order valence-electron chi connectivity index (χ1n) is 13.3. The van der Waals surface area contributed by atoms with E-state index in [0.717, 1.165) is 36.1 Å². The molecular formula is C30H34F2N2O5S. The van der Waals surface area contributed by atoms with Gasteiger partial charge in [0.15, 0.2) is 9.84 Å². The van der Waals surface area contributed by atoms with Gasteiger partial charge in [-0.1, -0.05) is 25.1 Å². The Morgan fingerprint density at radius 2 is 1.75 bits per heavy atom. The van der Waals surface area contributed by atoms with Crippen LogP contribution in [0.2, 0.25) is 0 Å². The van der Waals surface area contributed by atoms with Crippen LogP contribution in [0, 0.1) is 11.7 Å². The minimum Gasteiger partial charge on any atom is -0.481 e. The Morgan fingerprint density at radius 1 is 1.07 bits per heavy atom. The van der Waals surface area contributed by atoms with Gasteiger partial charge in [-0.15, -0.1) is 0 Å². The van der Waals surface area contributed by atoms with Gasteiger partial charge in [0.2, 0.25) is 18.1 Å². The quantitative estimate of drug-likeness (QED) is 0.232. The molecule has 1 aliphatic carbocycles. The fourth-order valence-corrected chi connectivity index (χ4v) is 5.93. The molecule has 1 heterocycles. The lowest BCUT2D eigenvalue weighted by Crippen LogP contribution is -2.38. The number of nitrogens with zero attached hydrogens (tertiary/aromatic N) is 2. The Morgan fingerprint density at radius 3 is 2.30 bits per heavy atom. The first kappa shape index (κ1) is 29.5. The molecule has 1 fully saturated rings. The van der Waals surface area contributed by atoms with Crippen LogP contribution in [0.25, 0.3) is 0 Å². The van der Waals surface area contributed by atoms with Crippen LogP contribution < -0.4 is 9.47 Å². The molecular weight excluding hydrogens is 538 g/mol. The van der Waals surface area contributed by atoms with E-state index in [0.29, 0.717) is 11.6 Å². The topological polar surface area (TPSA) is 85.8 Å². The van der Waals surface area contributed by atoms with Crippen LogP contribution in [-0.4, -0.2) is 42.9 Å². The summed E-state index contributed by atoms with van der Waals surface area (Å²) >= 11 is 0. The van der Waals surface area contributed by atoms with Gasteiger partial charge in [0.25, 0.3) is 0 Å². The van der Waals surface area contributed by atoms with Gasteiger partial charge in [0, 0.05) is 31.6 Å². The maximum Gasteiger partial charge on any atom is 0.238 e. The maximum atomic E-state index is 13.9. The number of sulfone groups is 1. The number of hydrogen-bond acceptors (Lipinski definition) is 6. The smallest absolute Gasteiger partial charge is 0.238 e. The fraction of sp³-hybridized carbons (Fsp3) is 0.400. The van der Waals surface area contributed by atoms with E-state index in [1.165, 1.54) is 26.2 Å². The highest BCUT2D eigenvalue weighted by molar-refractivity contribution is 7.92. The van der Waals surface area contributed by atoms with Gasteiger partial charge in [-0.05, 0) is 73.2 Å². The van der Waals surface area contributed by atoms with Crippen molar-refractivity contribution in [3.8, 4) is 11.6 Å². The summed E-state index contributed by atoms with van der Waals surface area (Å²) in [4.78, 5) is 19.8. The summed E-state index contributed by atoms with van der Waals surface area (Å²) in [5.41, 5.74) is 1.61. The zero-order valence-corrected chi connectivity index (χ0v) is 23.6. The summed E-state index contributed by atoms with van der Waals surface area (Å²) in [6.45, 7) is 3.39. The van der Waals surface area contributed by atoms with E-state index >= 15 is 0 Å². The molecule has 0 radical (unpaired) electrons. The molecule has 214 valence electrons. The van der Waals surface area contributed by atoms with E-state index in [4.69, 9.17) is 9.47 Å². The second-order valence-corrected chi connectivity index (χ2v) is 12.4. The standard InChI is InChI=1S/C30H34F2N2O5S/c1-4-27(32)39-25-12-8-23(9-13-25)30(22-6-7-22)34(19-21-5-16-28(38-3)33-18-21)29(35)17-20(2)40(36,37)26-14-10-24(31)11-15-26/h5,8-16,18,20,22,27,30H,4,6-7,17,19H2,1-3H3. The average Bonchev–Trinajstić information content (AvgIpc) is 3.79. The van der Waals surface area contributed by atoms with Crippen molar-refractivity contribution in [2.24, 2.45) is 5.92 Å². The first-order valence-corrected chi connectivity index (χ1v) is 14.9. The number of rotatable bonds is 13. The van der Waals surface area contributed by atoms with Crippen molar-refractivity contribution in [2.45, 2.75) is 68.6 Å². The fourth-order valence-electron chi connectivity index (χ4n) is 4.59. The van der Waals surface area contributed by atoms with Gasteiger partial charge in [-0.3, -0.25) is 4.79 Å². The number of aromatic nitrogens is 1. The predicted molar refractivity (Wildman–Crippen MR) is 147 cm³/mol. The largest absolute Gasteiger partial charge is 0.481 e. The molecule has 3 aromatic rings. The summed E-state index contributed by atoms with van der Waals surface area (Å²) in [5, 5.41) is -1.03. The predicted octanol–water partition coefficient (Wildman–Crippen LogP) is 6.05. The van der Waals surface area contributed by atoms with Gasteiger partial charge in [0.1, 0.15) is 11.6 Å². The van der Waals surface area contributed by atoms with E-state index in [-0.39, 0.29) is 42.1 Å². The lowest BCUT2D eigenvalue weighted by molar-refractivity contribution is -0.135. The third kappa shape index (κ3) is 7.15. The molecule has 10 heteroatoms. The minimum atomic E-state index is -3.88. The number of ether oxygens (including phenoxy) is 2. The molecule has 3 unspecified atom stereocenters. The zero-order valence-electron chi connectivity index (χ0n) is 22.8. The maximum absolute atomic E-state index is 13.9. The molecule has 3 atom stereocenters. The number of hydrogen-bond donors (Lipinski definition) is 0. The number of benzene rings is 2. The van der Waals surface area contributed by atoms with E-state index in [1.807, 2.05) is 18.2 Å². The Labute approximate surface area is 234 Å². The monoisotopic (exact) mass is 572 g/mol. The van der Waals surface area contributed by atoms with Crippen LogP contribution in [0.1, 0.15) is 56.7 Å². The van der Waals surface area contributed by atoms with Gasteiger partial charge in [-0.2, -0.15) is 0 Å². The number of carbonyl (C=O) groups excluding carboxylic acids is 1. The van der Waals surface area contributed by atoms with Crippen molar-refractivity contribution >= 4 is 15.7 Å². The van der Waals surface area contributed by atoms with E-state index in [1.54, 1.807) is 36.2 Å². The highest BCUT2D eigenvalue weighted by Gasteiger charge is 2.39. The summed E-state index contributed by atoms with van der Waals surface area (Å²) in [6, 6.07) is 14.8.